The second-order valence-electron chi connectivity index (χ2n) is 8.41. The molecule has 0 radical (unpaired) electrons. The average molecular weight is 540 g/mol. The topological polar surface area (TPSA) is 124 Å². The van der Waals surface area contributed by atoms with Gasteiger partial charge in [0.15, 0.2) is 0 Å². The minimum atomic E-state index is -0.586. The monoisotopic (exact) mass is 539 g/mol. The number of hydrogen-bond acceptors (Lipinski definition) is 7. The molecular weight excluding hydrogens is 506 g/mol. The maximum Gasteiger partial charge on any atom is 0.255 e. The highest BCUT2D eigenvalue weighted by Crippen LogP contribution is 2.32. The lowest BCUT2D eigenvalue weighted by Gasteiger charge is -2.18. The van der Waals surface area contributed by atoms with Crippen LogP contribution in [0.1, 0.15) is 23.7 Å². The minimum absolute atomic E-state index is 0.210. The summed E-state index contributed by atoms with van der Waals surface area (Å²) in [6, 6.07) is 13.5. The van der Waals surface area contributed by atoms with E-state index in [1.54, 1.807) is 66.1 Å². The summed E-state index contributed by atoms with van der Waals surface area (Å²) in [7, 11) is 3.37. The first-order chi connectivity index (χ1) is 18.3. The van der Waals surface area contributed by atoms with Crippen molar-refractivity contribution in [3.63, 3.8) is 0 Å². The molecule has 11 heteroatoms. The van der Waals surface area contributed by atoms with Crippen molar-refractivity contribution in [3.8, 4) is 22.8 Å². The lowest BCUT2D eigenvalue weighted by atomic mass is 10.1. The van der Waals surface area contributed by atoms with Gasteiger partial charge in [-0.15, -0.1) is 0 Å². The molecule has 0 aliphatic heterocycles. The molecule has 1 heterocycles. The Kier molecular flexibility index (Phi) is 10.6. The predicted molar refractivity (Wildman–Crippen MR) is 149 cm³/mol. The van der Waals surface area contributed by atoms with Gasteiger partial charge in [-0.1, -0.05) is 6.07 Å². The Labute approximate surface area is 226 Å². The largest absolute Gasteiger partial charge is 0.497 e. The Bertz CT molecular complexity index is 1260. The lowest BCUT2D eigenvalue weighted by Crippen LogP contribution is -2.47. The van der Waals surface area contributed by atoms with Crippen molar-refractivity contribution in [1.82, 2.24) is 20.4 Å². The number of rotatable bonds is 13. The van der Waals surface area contributed by atoms with Crippen LogP contribution < -0.4 is 25.4 Å². The van der Waals surface area contributed by atoms with Crippen LogP contribution in [0, 0.1) is 0 Å². The molecule has 3 amide bonds. The molecule has 0 fully saturated rings. The number of methoxy groups -OCH3 is 1. The molecule has 0 saturated heterocycles. The Morgan fingerprint density at radius 1 is 1.13 bits per heavy atom. The molecule has 1 atom stereocenters. The van der Waals surface area contributed by atoms with E-state index in [2.05, 4.69) is 21.0 Å². The number of aromatic nitrogens is 2. The molecule has 10 nitrogen and oxygen atoms in total. The highest BCUT2D eigenvalue weighted by Gasteiger charge is 2.19. The van der Waals surface area contributed by atoms with E-state index in [0.29, 0.717) is 29.2 Å². The molecule has 0 bridgehead atoms. The maximum absolute atomic E-state index is 12.8. The first-order valence-electron chi connectivity index (χ1n) is 12.1. The number of nitrogens with zero attached hydrogens (tertiary/aromatic N) is 2. The highest BCUT2D eigenvalue weighted by molar-refractivity contribution is 7.98. The number of anilines is 1. The van der Waals surface area contributed by atoms with Crippen molar-refractivity contribution in [2.45, 2.75) is 19.4 Å². The van der Waals surface area contributed by atoms with E-state index in [1.807, 2.05) is 25.4 Å². The Morgan fingerprint density at radius 3 is 2.63 bits per heavy atom. The summed E-state index contributed by atoms with van der Waals surface area (Å²) in [6.45, 7) is 1.86. The van der Waals surface area contributed by atoms with E-state index in [9.17, 15) is 14.4 Å². The molecule has 3 rings (SSSR count). The predicted octanol–water partition coefficient (Wildman–Crippen LogP) is 3.10. The van der Waals surface area contributed by atoms with Crippen LogP contribution in [0.5, 0.6) is 11.5 Å². The highest BCUT2D eigenvalue weighted by atomic mass is 32.2. The summed E-state index contributed by atoms with van der Waals surface area (Å²) in [6.07, 6.45) is 4.17. The number of amides is 3. The fourth-order valence-corrected chi connectivity index (χ4v) is 4.22. The number of aryl methyl sites for hydroxylation is 1. The van der Waals surface area contributed by atoms with Crippen molar-refractivity contribution in [1.29, 1.82) is 0 Å². The summed E-state index contributed by atoms with van der Waals surface area (Å²) >= 11 is 1.61. The molecule has 1 unspecified atom stereocenters. The molecule has 0 spiro atoms. The third-order valence-electron chi connectivity index (χ3n) is 5.63. The Balaban J connectivity index is 1.69. The summed E-state index contributed by atoms with van der Waals surface area (Å²) in [5, 5.41) is 12.7. The van der Waals surface area contributed by atoms with Gasteiger partial charge in [-0.25, -0.2) is 0 Å². The van der Waals surface area contributed by atoms with Crippen molar-refractivity contribution in [3.05, 3.63) is 60.3 Å². The van der Waals surface area contributed by atoms with E-state index < -0.39 is 6.04 Å². The van der Waals surface area contributed by atoms with E-state index in [0.717, 1.165) is 17.0 Å². The Hall–Kier alpha value is -3.99. The third-order valence-corrected chi connectivity index (χ3v) is 6.27. The van der Waals surface area contributed by atoms with Crippen LogP contribution in [-0.2, 0) is 16.6 Å². The SMILES string of the molecule is COc1cccc(C(=O)Nc2ccc(OCCNC(=O)C(CCSC)NC(C)=O)c(-c3ccnn3C)c2)c1. The first kappa shape index (κ1) is 28.6. The summed E-state index contributed by atoms with van der Waals surface area (Å²) in [5.74, 6) is 1.15. The zero-order valence-corrected chi connectivity index (χ0v) is 22.8. The smallest absolute Gasteiger partial charge is 0.255 e. The number of ether oxygens (including phenoxy) is 2. The van der Waals surface area contributed by atoms with Crippen molar-refractivity contribution in [2.75, 3.05) is 37.6 Å². The van der Waals surface area contributed by atoms with Gasteiger partial charge in [0.2, 0.25) is 11.8 Å². The van der Waals surface area contributed by atoms with Gasteiger partial charge in [-0.2, -0.15) is 16.9 Å². The molecule has 38 heavy (non-hydrogen) atoms. The van der Waals surface area contributed by atoms with Crippen LogP contribution in [0.15, 0.2) is 54.7 Å². The van der Waals surface area contributed by atoms with Gasteiger partial charge in [-0.05, 0) is 60.9 Å². The van der Waals surface area contributed by atoms with Gasteiger partial charge in [-0.3, -0.25) is 19.1 Å². The number of thioether (sulfide) groups is 1. The van der Waals surface area contributed by atoms with Crippen LogP contribution in [0.25, 0.3) is 11.3 Å². The lowest BCUT2D eigenvalue weighted by molar-refractivity contribution is -0.128. The van der Waals surface area contributed by atoms with Crippen LogP contribution in [0.2, 0.25) is 0 Å². The molecule has 3 N–H and O–H groups in total. The molecule has 0 saturated carbocycles. The Morgan fingerprint density at radius 2 is 1.95 bits per heavy atom. The number of hydrogen-bond donors (Lipinski definition) is 3. The summed E-state index contributed by atoms with van der Waals surface area (Å²) in [5.41, 5.74) is 2.58. The second kappa shape index (κ2) is 14.1. The van der Waals surface area contributed by atoms with Gasteiger partial charge in [0.1, 0.15) is 24.1 Å². The zero-order valence-electron chi connectivity index (χ0n) is 21.9. The van der Waals surface area contributed by atoms with Crippen molar-refractivity contribution in [2.24, 2.45) is 7.05 Å². The average Bonchev–Trinajstić information content (AvgIpc) is 3.34. The molecule has 0 aliphatic carbocycles. The third kappa shape index (κ3) is 8.01. The number of carbonyl (C=O) groups is 3. The zero-order chi connectivity index (χ0) is 27.5. The van der Waals surface area contributed by atoms with Crippen LogP contribution >= 0.6 is 11.8 Å². The number of carbonyl (C=O) groups excluding carboxylic acids is 3. The first-order valence-corrected chi connectivity index (χ1v) is 13.5. The quantitative estimate of drug-likeness (QED) is 0.285. The van der Waals surface area contributed by atoms with Gasteiger partial charge in [0, 0.05) is 37.0 Å². The number of nitrogens with one attached hydrogen (secondary N) is 3. The molecule has 1 aromatic heterocycles. The van der Waals surface area contributed by atoms with Gasteiger partial charge < -0.3 is 25.4 Å². The van der Waals surface area contributed by atoms with E-state index in [1.165, 1.54) is 6.92 Å². The molecular formula is C27H33N5O5S. The number of benzene rings is 2. The van der Waals surface area contributed by atoms with E-state index >= 15 is 0 Å². The van der Waals surface area contributed by atoms with Gasteiger partial charge >= 0.3 is 0 Å². The second-order valence-corrected chi connectivity index (χ2v) is 9.40. The van der Waals surface area contributed by atoms with Gasteiger partial charge in [0.25, 0.3) is 5.91 Å². The fraction of sp³-hybridized carbons (Fsp3) is 0.333. The molecule has 2 aromatic carbocycles. The van der Waals surface area contributed by atoms with E-state index in [-0.39, 0.29) is 30.9 Å². The molecule has 202 valence electrons. The van der Waals surface area contributed by atoms with Crippen LogP contribution in [-0.4, -0.2) is 65.8 Å². The van der Waals surface area contributed by atoms with Crippen LogP contribution in [0.3, 0.4) is 0 Å². The fourth-order valence-electron chi connectivity index (χ4n) is 3.75. The van der Waals surface area contributed by atoms with Crippen molar-refractivity contribution >= 4 is 35.2 Å². The minimum Gasteiger partial charge on any atom is -0.497 e. The van der Waals surface area contributed by atoms with E-state index in [4.69, 9.17) is 9.47 Å². The summed E-state index contributed by atoms with van der Waals surface area (Å²) in [4.78, 5) is 36.8. The molecule has 3 aromatic rings. The van der Waals surface area contributed by atoms with Crippen molar-refractivity contribution < 1.29 is 23.9 Å². The summed E-state index contributed by atoms with van der Waals surface area (Å²) < 4.78 is 12.9. The van der Waals surface area contributed by atoms with Gasteiger partial charge in [0.05, 0.1) is 19.3 Å². The standard InChI is InChI=1S/C27H33N5O5S/c1-18(33)30-23(11-15-38-4)27(35)28-13-14-37-25-9-8-20(17-22(25)24-10-12-29-32(24)2)31-26(34)19-6-5-7-21(16-19)36-3/h5-10,12,16-17,23H,11,13-15H2,1-4H3,(H,28,35)(H,30,33)(H,31,34). The normalized spacial score (nSPS) is 11.4. The van der Waals surface area contributed by atoms with Crippen LogP contribution in [0.4, 0.5) is 5.69 Å². The maximum atomic E-state index is 12.8. The molecule has 0 aliphatic rings.